The van der Waals surface area contributed by atoms with Crippen molar-refractivity contribution in [1.82, 2.24) is 0 Å². The summed E-state index contributed by atoms with van der Waals surface area (Å²) in [6.45, 7) is 0. The van der Waals surface area contributed by atoms with Crippen LogP contribution in [0.1, 0.15) is 36.1 Å². The highest BCUT2D eigenvalue weighted by molar-refractivity contribution is 9.11. The van der Waals surface area contributed by atoms with Gasteiger partial charge in [-0.1, -0.05) is 37.9 Å². The third-order valence-corrected chi connectivity index (χ3v) is 5.30. The highest BCUT2D eigenvalue weighted by Crippen LogP contribution is 2.46. The second-order valence-electron chi connectivity index (χ2n) is 4.80. The number of rotatable bonds is 5. The normalized spacial score (nSPS) is 19.1. The Morgan fingerprint density at radius 3 is 2.50 bits per heavy atom. The Kier molecular flexibility index (Phi) is 4.73. The minimum absolute atomic E-state index is 0.0769. The number of halogens is 2. The summed E-state index contributed by atoms with van der Waals surface area (Å²) >= 11 is 7.39. The predicted octanol–water partition coefficient (Wildman–Crippen LogP) is 4.85. The lowest BCUT2D eigenvalue weighted by Gasteiger charge is -2.42. The zero-order valence-electron chi connectivity index (χ0n) is 10.7. The van der Waals surface area contributed by atoms with Crippen LogP contribution in [0, 0.1) is 0 Å². The maximum atomic E-state index is 5.68. The van der Waals surface area contributed by atoms with E-state index in [1.54, 1.807) is 7.11 Å². The third kappa shape index (κ3) is 2.91. The molecule has 0 N–H and O–H groups in total. The quantitative estimate of drug-likeness (QED) is 0.682. The molecule has 0 aliphatic heterocycles. The van der Waals surface area contributed by atoms with E-state index in [1.807, 2.05) is 19.2 Å². The van der Waals surface area contributed by atoms with Crippen LogP contribution in [0.25, 0.3) is 0 Å². The molecule has 1 unspecified atom stereocenters. The zero-order chi connectivity index (χ0) is 13.2. The highest BCUT2D eigenvalue weighted by atomic mass is 79.9. The number of alkyl halides is 1. The van der Waals surface area contributed by atoms with Gasteiger partial charge in [0.2, 0.25) is 0 Å². The van der Waals surface area contributed by atoms with Gasteiger partial charge in [-0.05, 0) is 43.4 Å². The lowest BCUT2D eigenvalue weighted by atomic mass is 9.76. The van der Waals surface area contributed by atoms with Gasteiger partial charge in [0.1, 0.15) is 5.75 Å². The van der Waals surface area contributed by atoms with Crippen LogP contribution in [0.2, 0.25) is 0 Å². The molecule has 1 saturated carbocycles. The second kappa shape index (κ2) is 5.93. The highest BCUT2D eigenvalue weighted by Gasteiger charge is 2.39. The molecule has 0 spiro atoms. The molecular formula is C14H18Br2O2. The fraction of sp³-hybridized carbons (Fsp3) is 0.571. The van der Waals surface area contributed by atoms with Gasteiger partial charge in [0.25, 0.3) is 0 Å². The summed E-state index contributed by atoms with van der Waals surface area (Å²) in [7, 11) is 3.50. The molecule has 4 heteroatoms. The van der Waals surface area contributed by atoms with Gasteiger partial charge in [0.05, 0.1) is 12.7 Å². The first-order valence-electron chi connectivity index (χ1n) is 6.13. The van der Waals surface area contributed by atoms with Crippen molar-refractivity contribution < 1.29 is 9.47 Å². The molecule has 0 heterocycles. The van der Waals surface area contributed by atoms with Crippen molar-refractivity contribution in [3.63, 3.8) is 0 Å². The van der Waals surface area contributed by atoms with Crippen LogP contribution in [-0.2, 0) is 4.74 Å². The van der Waals surface area contributed by atoms with E-state index in [0.29, 0.717) is 4.83 Å². The zero-order valence-corrected chi connectivity index (χ0v) is 13.9. The summed E-state index contributed by atoms with van der Waals surface area (Å²) in [6.07, 6.45) is 4.62. The second-order valence-corrected chi connectivity index (χ2v) is 6.76. The summed E-state index contributed by atoms with van der Waals surface area (Å²) in [4.78, 5) is 0.304. The molecule has 2 nitrogen and oxygen atoms in total. The molecule has 0 bridgehead atoms. The van der Waals surface area contributed by atoms with E-state index in [-0.39, 0.29) is 5.60 Å². The predicted molar refractivity (Wildman–Crippen MR) is 80.6 cm³/mol. The van der Waals surface area contributed by atoms with Crippen LogP contribution in [0.5, 0.6) is 5.75 Å². The van der Waals surface area contributed by atoms with E-state index >= 15 is 0 Å². The third-order valence-electron chi connectivity index (χ3n) is 3.79. The van der Waals surface area contributed by atoms with Gasteiger partial charge in [-0.2, -0.15) is 0 Å². The van der Waals surface area contributed by atoms with Crippen LogP contribution in [0.3, 0.4) is 0 Å². The van der Waals surface area contributed by atoms with E-state index in [4.69, 9.17) is 9.47 Å². The molecule has 1 aliphatic carbocycles. The van der Waals surface area contributed by atoms with E-state index in [1.165, 1.54) is 24.8 Å². The number of methoxy groups -OCH3 is 2. The van der Waals surface area contributed by atoms with Crippen molar-refractivity contribution in [3.8, 4) is 5.75 Å². The Hall–Kier alpha value is -0.0600. The lowest BCUT2D eigenvalue weighted by Crippen LogP contribution is -2.39. The van der Waals surface area contributed by atoms with Gasteiger partial charge in [-0.15, -0.1) is 0 Å². The standard InChI is InChI=1S/C14H18Br2O2/c1-17-10-4-5-11(12(15)8-10)13(16)9-14(18-2)6-3-7-14/h4-5,8,13H,3,6-7,9H2,1-2H3. The summed E-state index contributed by atoms with van der Waals surface area (Å²) in [5.74, 6) is 0.871. The monoisotopic (exact) mass is 376 g/mol. The van der Waals surface area contributed by atoms with Gasteiger partial charge in [-0.3, -0.25) is 0 Å². The average Bonchev–Trinajstić information content (AvgIpc) is 2.33. The first-order chi connectivity index (χ1) is 8.60. The number of benzene rings is 1. The molecule has 1 aromatic carbocycles. The maximum absolute atomic E-state index is 5.68. The number of ether oxygens (including phenoxy) is 2. The maximum Gasteiger partial charge on any atom is 0.120 e. The minimum Gasteiger partial charge on any atom is -0.497 e. The Labute approximate surface area is 125 Å². The molecule has 0 aromatic heterocycles. The lowest BCUT2D eigenvalue weighted by molar-refractivity contribution is -0.0773. The van der Waals surface area contributed by atoms with E-state index in [2.05, 4.69) is 37.9 Å². The van der Waals surface area contributed by atoms with Crippen LogP contribution < -0.4 is 4.74 Å². The van der Waals surface area contributed by atoms with Crippen LogP contribution in [0.15, 0.2) is 22.7 Å². The Morgan fingerprint density at radius 2 is 2.06 bits per heavy atom. The molecule has 1 aromatic rings. The summed E-state index contributed by atoms with van der Waals surface area (Å²) in [5.41, 5.74) is 1.33. The van der Waals surface area contributed by atoms with E-state index in [9.17, 15) is 0 Å². The van der Waals surface area contributed by atoms with Crippen LogP contribution >= 0.6 is 31.9 Å². The first-order valence-corrected chi connectivity index (χ1v) is 7.84. The number of hydrogen-bond donors (Lipinski definition) is 0. The van der Waals surface area contributed by atoms with Crippen molar-refractivity contribution in [3.05, 3.63) is 28.2 Å². The van der Waals surface area contributed by atoms with Crippen molar-refractivity contribution >= 4 is 31.9 Å². The molecule has 1 atom stereocenters. The topological polar surface area (TPSA) is 18.5 Å². The SMILES string of the molecule is COc1ccc(C(Br)CC2(OC)CCC2)c(Br)c1. The fourth-order valence-corrected chi connectivity index (χ4v) is 4.32. The molecule has 1 aliphatic rings. The van der Waals surface area contributed by atoms with Crippen LogP contribution in [0.4, 0.5) is 0 Å². The molecule has 2 rings (SSSR count). The Bertz CT molecular complexity index is 411. The van der Waals surface area contributed by atoms with Gasteiger partial charge in [-0.25, -0.2) is 0 Å². The van der Waals surface area contributed by atoms with Gasteiger partial charge in [0.15, 0.2) is 0 Å². The van der Waals surface area contributed by atoms with E-state index < -0.39 is 0 Å². The van der Waals surface area contributed by atoms with Crippen molar-refractivity contribution in [2.45, 2.75) is 36.1 Å². The largest absolute Gasteiger partial charge is 0.497 e. The Balaban J connectivity index is 2.11. The van der Waals surface area contributed by atoms with Gasteiger partial charge < -0.3 is 9.47 Å². The molecule has 0 radical (unpaired) electrons. The van der Waals surface area contributed by atoms with Crippen molar-refractivity contribution in [2.24, 2.45) is 0 Å². The number of hydrogen-bond acceptors (Lipinski definition) is 2. The minimum atomic E-state index is 0.0769. The molecule has 18 heavy (non-hydrogen) atoms. The van der Waals surface area contributed by atoms with Gasteiger partial charge >= 0.3 is 0 Å². The Morgan fingerprint density at radius 1 is 1.33 bits per heavy atom. The average molecular weight is 378 g/mol. The summed E-state index contributed by atoms with van der Waals surface area (Å²) in [5, 5.41) is 0. The molecule has 1 fully saturated rings. The smallest absolute Gasteiger partial charge is 0.120 e. The molecular weight excluding hydrogens is 360 g/mol. The van der Waals surface area contributed by atoms with E-state index in [0.717, 1.165) is 16.6 Å². The van der Waals surface area contributed by atoms with Gasteiger partial charge in [0, 0.05) is 16.4 Å². The fourth-order valence-electron chi connectivity index (χ4n) is 2.39. The molecule has 0 saturated heterocycles. The summed E-state index contributed by atoms with van der Waals surface area (Å²) in [6, 6.07) is 6.10. The van der Waals surface area contributed by atoms with Crippen molar-refractivity contribution in [2.75, 3.05) is 14.2 Å². The molecule has 100 valence electrons. The van der Waals surface area contributed by atoms with Crippen LogP contribution in [-0.4, -0.2) is 19.8 Å². The van der Waals surface area contributed by atoms with Crippen molar-refractivity contribution in [1.29, 1.82) is 0 Å². The summed E-state index contributed by atoms with van der Waals surface area (Å²) < 4.78 is 12.0. The first kappa shape index (κ1) is 14.4. The molecule has 0 amide bonds.